The lowest BCUT2D eigenvalue weighted by Gasteiger charge is -2.32. The van der Waals surface area contributed by atoms with Crippen LogP contribution in [-0.2, 0) is 13.9 Å². The van der Waals surface area contributed by atoms with E-state index < -0.39 is 14.7 Å². The molecule has 0 aliphatic heterocycles. The number of nitrogens with two attached hydrogens (primary N) is 1. The molecule has 1 aromatic carbocycles. The van der Waals surface area contributed by atoms with Crippen molar-refractivity contribution in [2.75, 3.05) is 27.1 Å². The van der Waals surface area contributed by atoms with E-state index in [1.54, 1.807) is 37.5 Å². The summed E-state index contributed by atoms with van der Waals surface area (Å²) in [6.45, 7) is 3.70. The highest BCUT2D eigenvalue weighted by molar-refractivity contribution is 6.49. The lowest BCUT2D eigenvalue weighted by atomic mass is 10.3. The number of nitrogen functional groups attached to an aromatic ring is 1. The first-order valence-electron chi connectivity index (χ1n) is 5.40. The maximum absolute atomic E-state index is 5.80. The summed E-state index contributed by atoms with van der Waals surface area (Å²) in [5.41, 5.74) is 5.25. The number of methoxy groups -OCH3 is 2. The first-order valence-corrected chi connectivity index (χ1v) is 6.92. The zero-order chi connectivity index (χ0) is 13.6. The standard InChI is InChI=1S/C12H19NO4Si/c1-5-12(14-2,15-3)18(16-4)17-11-8-6-10(13)7-9-11/h5-9,18H,1,13H2,2-4H3. The summed E-state index contributed by atoms with van der Waals surface area (Å²) in [5, 5.41) is 0. The van der Waals surface area contributed by atoms with Gasteiger partial charge in [0.25, 0.3) is 0 Å². The minimum atomic E-state index is -2.31. The van der Waals surface area contributed by atoms with Crippen LogP contribution in [0.4, 0.5) is 5.69 Å². The van der Waals surface area contributed by atoms with Crippen molar-refractivity contribution in [2.45, 2.75) is 5.41 Å². The van der Waals surface area contributed by atoms with Gasteiger partial charge in [0.1, 0.15) is 5.75 Å². The Morgan fingerprint density at radius 3 is 2.11 bits per heavy atom. The highest BCUT2D eigenvalue weighted by Gasteiger charge is 2.43. The molecule has 0 aliphatic rings. The molecular weight excluding hydrogens is 250 g/mol. The van der Waals surface area contributed by atoms with Crippen LogP contribution in [-0.4, -0.2) is 36.0 Å². The molecule has 0 saturated carbocycles. The van der Waals surface area contributed by atoms with Gasteiger partial charge in [-0.25, -0.2) is 0 Å². The molecule has 100 valence electrons. The second-order valence-electron chi connectivity index (χ2n) is 3.59. The van der Waals surface area contributed by atoms with Gasteiger partial charge in [0.2, 0.25) is 5.41 Å². The van der Waals surface area contributed by atoms with E-state index >= 15 is 0 Å². The van der Waals surface area contributed by atoms with Crippen LogP contribution in [0.1, 0.15) is 0 Å². The third kappa shape index (κ3) is 3.11. The van der Waals surface area contributed by atoms with Gasteiger partial charge in [-0.05, 0) is 30.3 Å². The Morgan fingerprint density at radius 1 is 1.17 bits per heavy atom. The Kier molecular flexibility index (Phi) is 5.36. The smallest absolute Gasteiger partial charge is 0.448 e. The number of rotatable bonds is 7. The van der Waals surface area contributed by atoms with E-state index in [0.717, 1.165) is 0 Å². The van der Waals surface area contributed by atoms with Crippen molar-refractivity contribution in [1.29, 1.82) is 0 Å². The molecule has 1 unspecified atom stereocenters. The predicted molar refractivity (Wildman–Crippen MR) is 72.6 cm³/mol. The third-order valence-corrected chi connectivity index (χ3v) is 4.87. The van der Waals surface area contributed by atoms with E-state index in [1.807, 2.05) is 0 Å². The van der Waals surface area contributed by atoms with Crippen molar-refractivity contribution >= 4 is 15.0 Å². The zero-order valence-corrected chi connectivity index (χ0v) is 12.0. The van der Waals surface area contributed by atoms with Gasteiger partial charge in [-0.1, -0.05) is 6.58 Å². The number of hydrogen-bond donors (Lipinski definition) is 1. The van der Waals surface area contributed by atoms with Gasteiger partial charge in [-0.3, -0.25) is 0 Å². The Bertz CT molecular complexity index is 378. The average molecular weight is 269 g/mol. The summed E-state index contributed by atoms with van der Waals surface area (Å²) >= 11 is 0. The second kappa shape index (κ2) is 6.55. The van der Waals surface area contributed by atoms with E-state index in [4.69, 9.17) is 24.1 Å². The molecule has 0 aromatic heterocycles. The van der Waals surface area contributed by atoms with E-state index in [-0.39, 0.29) is 0 Å². The van der Waals surface area contributed by atoms with Gasteiger partial charge in [0.05, 0.1) is 0 Å². The van der Waals surface area contributed by atoms with Crippen LogP contribution < -0.4 is 10.2 Å². The van der Waals surface area contributed by atoms with Crippen molar-refractivity contribution in [3.05, 3.63) is 36.9 Å². The summed E-state index contributed by atoms with van der Waals surface area (Å²) < 4.78 is 21.8. The maximum Gasteiger partial charge on any atom is 0.448 e. The Morgan fingerprint density at radius 2 is 1.72 bits per heavy atom. The number of ether oxygens (including phenoxy) is 2. The van der Waals surface area contributed by atoms with Crippen LogP contribution in [0.2, 0.25) is 0 Å². The predicted octanol–water partition coefficient (Wildman–Crippen LogP) is 1.23. The topological polar surface area (TPSA) is 62.9 Å². The maximum atomic E-state index is 5.80. The number of hydrogen-bond acceptors (Lipinski definition) is 5. The summed E-state index contributed by atoms with van der Waals surface area (Å²) in [6.07, 6.45) is 1.55. The highest BCUT2D eigenvalue weighted by atomic mass is 28.3. The molecular formula is C12H19NO4Si. The lowest BCUT2D eigenvalue weighted by molar-refractivity contribution is -0.128. The molecule has 1 aromatic rings. The minimum absolute atomic E-state index is 0.656. The van der Waals surface area contributed by atoms with Crippen molar-refractivity contribution in [2.24, 2.45) is 0 Å². The van der Waals surface area contributed by atoms with E-state index in [9.17, 15) is 0 Å². The largest absolute Gasteiger partial charge is 0.519 e. The van der Waals surface area contributed by atoms with Gasteiger partial charge in [-0.2, -0.15) is 0 Å². The lowest BCUT2D eigenvalue weighted by Crippen LogP contribution is -2.53. The summed E-state index contributed by atoms with van der Waals surface area (Å²) in [5.74, 6) is 0.656. The first kappa shape index (κ1) is 14.7. The monoisotopic (exact) mass is 269 g/mol. The zero-order valence-electron chi connectivity index (χ0n) is 10.9. The summed E-state index contributed by atoms with van der Waals surface area (Å²) in [4.78, 5) is 0. The second-order valence-corrected chi connectivity index (χ2v) is 5.76. The van der Waals surface area contributed by atoms with E-state index in [0.29, 0.717) is 11.4 Å². The van der Waals surface area contributed by atoms with Crippen LogP contribution in [0.3, 0.4) is 0 Å². The number of anilines is 1. The average Bonchev–Trinajstić information content (AvgIpc) is 2.42. The Hall–Kier alpha value is -1.34. The van der Waals surface area contributed by atoms with Crippen LogP contribution >= 0.6 is 0 Å². The van der Waals surface area contributed by atoms with Crippen LogP contribution in [0, 0.1) is 0 Å². The fourth-order valence-electron chi connectivity index (χ4n) is 1.50. The molecule has 0 bridgehead atoms. The Balaban J connectivity index is 2.89. The molecule has 0 amide bonds. The van der Waals surface area contributed by atoms with Crippen molar-refractivity contribution in [3.8, 4) is 5.75 Å². The van der Waals surface area contributed by atoms with Gasteiger partial charge in [0, 0.05) is 27.0 Å². The Labute approximate surface area is 109 Å². The van der Waals surface area contributed by atoms with Crippen LogP contribution in [0.15, 0.2) is 36.9 Å². The minimum Gasteiger partial charge on any atom is -0.519 e. The number of benzene rings is 1. The van der Waals surface area contributed by atoms with Crippen LogP contribution in [0.25, 0.3) is 0 Å². The van der Waals surface area contributed by atoms with Crippen molar-refractivity contribution in [1.82, 2.24) is 0 Å². The SMILES string of the molecule is C=CC(OC)(OC)[SiH](OC)Oc1ccc(N)cc1. The van der Waals surface area contributed by atoms with Crippen molar-refractivity contribution < 1.29 is 18.3 Å². The summed E-state index contributed by atoms with van der Waals surface area (Å²) in [7, 11) is 2.30. The van der Waals surface area contributed by atoms with Crippen LogP contribution in [0.5, 0.6) is 5.75 Å². The normalized spacial score (nSPS) is 13.1. The van der Waals surface area contributed by atoms with Gasteiger partial charge in [0.15, 0.2) is 0 Å². The molecule has 0 fully saturated rings. The van der Waals surface area contributed by atoms with E-state index in [1.165, 1.54) is 14.2 Å². The quantitative estimate of drug-likeness (QED) is 0.349. The molecule has 1 atom stereocenters. The molecule has 6 heteroatoms. The molecule has 18 heavy (non-hydrogen) atoms. The fraction of sp³-hybridized carbons (Fsp3) is 0.333. The molecule has 0 aliphatic carbocycles. The molecule has 0 radical (unpaired) electrons. The molecule has 0 saturated heterocycles. The van der Waals surface area contributed by atoms with E-state index in [2.05, 4.69) is 6.58 Å². The van der Waals surface area contributed by atoms with Gasteiger partial charge in [-0.15, -0.1) is 0 Å². The fourth-order valence-corrected chi connectivity index (χ4v) is 3.07. The van der Waals surface area contributed by atoms with Gasteiger partial charge >= 0.3 is 9.28 Å². The van der Waals surface area contributed by atoms with Crippen molar-refractivity contribution in [3.63, 3.8) is 0 Å². The molecule has 0 spiro atoms. The highest BCUT2D eigenvalue weighted by Crippen LogP contribution is 2.22. The third-order valence-electron chi connectivity index (χ3n) is 2.59. The van der Waals surface area contributed by atoms with Gasteiger partial charge < -0.3 is 24.1 Å². The molecule has 0 heterocycles. The molecule has 1 rings (SSSR count). The molecule has 5 nitrogen and oxygen atoms in total. The summed E-state index contributed by atoms with van der Waals surface area (Å²) in [6, 6.07) is 7.05. The first-order chi connectivity index (χ1) is 8.61. The molecule has 2 N–H and O–H groups in total.